The fraction of sp³-hybridized carbons (Fsp3) is 0.316. The van der Waals surface area contributed by atoms with Crippen LogP contribution in [0.1, 0.15) is 30.5 Å². The molecule has 0 radical (unpaired) electrons. The normalized spacial score (nSPS) is 11.9. The molecule has 0 fully saturated rings. The van der Waals surface area contributed by atoms with Crippen LogP contribution >= 0.6 is 11.6 Å². The second-order valence-electron chi connectivity index (χ2n) is 5.82. The van der Waals surface area contributed by atoms with Gasteiger partial charge in [0.2, 0.25) is 5.91 Å². The third-order valence-corrected chi connectivity index (χ3v) is 4.54. The summed E-state index contributed by atoms with van der Waals surface area (Å²) in [5.74, 6) is -1.33. The van der Waals surface area contributed by atoms with E-state index in [-0.39, 0.29) is 18.4 Å². The minimum Gasteiger partial charge on any atom is -0.495 e. The van der Waals surface area contributed by atoms with Gasteiger partial charge in [0.1, 0.15) is 5.75 Å². The molecule has 0 N–H and O–H groups in total. The minimum atomic E-state index is -0.918. The number of nitrogens with zero attached hydrogens (tertiary/aromatic N) is 1. The quantitative estimate of drug-likeness (QED) is 0.735. The van der Waals surface area contributed by atoms with Gasteiger partial charge in [0, 0.05) is 13.5 Å². The SMILES string of the molecule is COc1ccc(CCC(=O)N(C)C(C)c2ccc(F)c(F)c2)cc1Cl. The molecule has 1 unspecified atom stereocenters. The molecule has 0 saturated carbocycles. The Balaban J connectivity index is 1.99. The van der Waals surface area contributed by atoms with E-state index in [2.05, 4.69) is 0 Å². The molecule has 6 heteroatoms. The smallest absolute Gasteiger partial charge is 0.223 e. The first-order valence-corrected chi connectivity index (χ1v) is 8.24. The fourth-order valence-corrected chi connectivity index (χ4v) is 2.79. The lowest BCUT2D eigenvalue weighted by molar-refractivity contribution is -0.131. The van der Waals surface area contributed by atoms with Crippen LogP contribution in [-0.4, -0.2) is 25.0 Å². The van der Waals surface area contributed by atoms with Gasteiger partial charge >= 0.3 is 0 Å². The highest BCUT2D eigenvalue weighted by Crippen LogP contribution is 2.26. The van der Waals surface area contributed by atoms with Crippen LogP contribution in [0.15, 0.2) is 36.4 Å². The molecule has 2 rings (SSSR count). The highest BCUT2D eigenvalue weighted by atomic mass is 35.5. The molecular formula is C19H20ClF2NO2. The maximum absolute atomic E-state index is 13.4. The van der Waals surface area contributed by atoms with Crippen molar-refractivity contribution in [1.82, 2.24) is 4.90 Å². The van der Waals surface area contributed by atoms with Gasteiger partial charge in [-0.1, -0.05) is 23.7 Å². The number of ether oxygens (including phenoxy) is 1. The van der Waals surface area contributed by atoms with E-state index < -0.39 is 11.6 Å². The van der Waals surface area contributed by atoms with Gasteiger partial charge in [0.05, 0.1) is 18.2 Å². The number of amides is 1. The van der Waals surface area contributed by atoms with Crippen molar-refractivity contribution in [3.05, 3.63) is 64.2 Å². The number of hydrogen-bond donors (Lipinski definition) is 0. The van der Waals surface area contributed by atoms with Crippen molar-refractivity contribution >= 4 is 17.5 Å². The standard InChI is InChI=1S/C19H20ClF2NO2/c1-12(14-6-7-16(21)17(22)11-14)23(2)19(24)9-5-13-4-8-18(25-3)15(20)10-13/h4,6-8,10-12H,5,9H2,1-3H3. The van der Waals surface area contributed by atoms with E-state index in [0.29, 0.717) is 22.8 Å². The summed E-state index contributed by atoms with van der Waals surface area (Å²) in [7, 11) is 3.19. The number of carbonyl (C=O) groups is 1. The molecule has 3 nitrogen and oxygen atoms in total. The molecule has 25 heavy (non-hydrogen) atoms. The molecule has 0 saturated heterocycles. The van der Waals surface area contributed by atoms with Gasteiger partial charge < -0.3 is 9.64 Å². The fourth-order valence-electron chi connectivity index (χ4n) is 2.50. The first-order chi connectivity index (χ1) is 11.8. The summed E-state index contributed by atoms with van der Waals surface area (Å²) in [4.78, 5) is 13.9. The Bertz CT molecular complexity index is 767. The van der Waals surface area contributed by atoms with Gasteiger partial charge in [0.15, 0.2) is 11.6 Å². The maximum atomic E-state index is 13.4. The van der Waals surface area contributed by atoms with Crippen LogP contribution in [0.5, 0.6) is 5.75 Å². The number of methoxy groups -OCH3 is 1. The average Bonchev–Trinajstić information content (AvgIpc) is 2.60. The summed E-state index contributed by atoms with van der Waals surface area (Å²) in [6, 6.07) is 8.70. The van der Waals surface area contributed by atoms with Crippen LogP contribution in [0.4, 0.5) is 8.78 Å². The third kappa shape index (κ3) is 4.69. The molecule has 0 aliphatic carbocycles. The zero-order valence-electron chi connectivity index (χ0n) is 14.4. The molecule has 0 aliphatic heterocycles. The molecule has 134 valence electrons. The lowest BCUT2D eigenvalue weighted by Crippen LogP contribution is -2.29. The molecule has 1 atom stereocenters. The summed E-state index contributed by atoms with van der Waals surface area (Å²) in [5.41, 5.74) is 1.47. The Morgan fingerprint density at radius 2 is 1.92 bits per heavy atom. The number of carbonyl (C=O) groups excluding carboxylic acids is 1. The summed E-state index contributed by atoms with van der Waals surface area (Å²) in [5, 5.41) is 0.496. The van der Waals surface area contributed by atoms with Gasteiger partial charge in [-0.15, -0.1) is 0 Å². The monoisotopic (exact) mass is 367 g/mol. The van der Waals surface area contributed by atoms with E-state index in [1.807, 2.05) is 6.07 Å². The van der Waals surface area contributed by atoms with E-state index in [1.165, 1.54) is 11.0 Å². The Morgan fingerprint density at radius 1 is 1.20 bits per heavy atom. The first-order valence-electron chi connectivity index (χ1n) is 7.86. The van der Waals surface area contributed by atoms with Gasteiger partial charge in [0.25, 0.3) is 0 Å². The van der Waals surface area contributed by atoms with Crippen molar-refractivity contribution in [2.75, 3.05) is 14.2 Å². The van der Waals surface area contributed by atoms with Crippen molar-refractivity contribution in [2.24, 2.45) is 0 Å². The lowest BCUT2D eigenvalue weighted by atomic mass is 10.1. The number of aryl methyl sites for hydroxylation is 1. The topological polar surface area (TPSA) is 29.5 Å². The van der Waals surface area contributed by atoms with Crippen molar-refractivity contribution in [3.8, 4) is 5.75 Å². The molecule has 0 bridgehead atoms. The van der Waals surface area contributed by atoms with Gasteiger partial charge in [-0.25, -0.2) is 8.78 Å². The van der Waals surface area contributed by atoms with Crippen molar-refractivity contribution in [1.29, 1.82) is 0 Å². The number of hydrogen-bond acceptors (Lipinski definition) is 2. The average molecular weight is 368 g/mol. The molecule has 0 aliphatic rings. The molecule has 2 aromatic rings. The summed E-state index contributed by atoms with van der Waals surface area (Å²) in [6.45, 7) is 1.77. The molecule has 0 heterocycles. The maximum Gasteiger partial charge on any atom is 0.223 e. The van der Waals surface area contributed by atoms with E-state index >= 15 is 0 Å². The Labute approximate surface area is 151 Å². The molecule has 0 aromatic heterocycles. The largest absolute Gasteiger partial charge is 0.495 e. The summed E-state index contributed by atoms with van der Waals surface area (Å²) in [6.07, 6.45) is 0.810. The van der Waals surface area contributed by atoms with Crippen LogP contribution in [0, 0.1) is 11.6 Å². The van der Waals surface area contributed by atoms with Crippen LogP contribution in [-0.2, 0) is 11.2 Å². The lowest BCUT2D eigenvalue weighted by Gasteiger charge is -2.25. The number of benzene rings is 2. The predicted octanol–water partition coefficient (Wildman–Crippen LogP) is 4.78. The van der Waals surface area contributed by atoms with Gasteiger partial charge in [-0.2, -0.15) is 0 Å². The van der Waals surface area contributed by atoms with Gasteiger partial charge in [-0.3, -0.25) is 4.79 Å². The van der Waals surface area contributed by atoms with Crippen LogP contribution < -0.4 is 4.74 Å². The summed E-state index contributed by atoms with van der Waals surface area (Å²) < 4.78 is 31.5. The zero-order chi connectivity index (χ0) is 18.6. The minimum absolute atomic E-state index is 0.0934. The third-order valence-electron chi connectivity index (χ3n) is 4.24. The number of rotatable bonds is 6. The highest BCUT2D eigenvalue weighted by molar-refractivity contribution is 6.32. The van der Waals surface area contributed by atoms with Crippen LogP contribution in [0.3, 0.4) is 0 Å². The van der Waals surface area contributed by atoms with Crippen molar-refractivity contribution in [2.45, 2.75) is 25.8 Å². The number of halogens is 3. The van der Waals surface area contributed by atoms with E-state index in [0.717, 1.165) is 17.7 Å². The second-order valence-corrected chi connectivity index (χ2v) is 6.23. The molecule has 1 amide bonds. The Hall–Kier alpha value is -2.14. The predicted molar refractivity (Wildman–Crippen MR) is 93.9 cm³/mol. The highest BCUT2D eigenvalue weighted by Gasteiger charge is 2.18. The van der Waals surface area contributed by atoms with Crippen LogP contribution in [0.25, 0.3) is 0 Å². The first kappa shape index (κ1) is 19.2. The van der Waals surface area contributed by atoms with Crippen LogP contribution in [0.2, 0.25) is 5.02 Å². The zero-order valence-corrected chi connectivity index (χ0v) is 15.1. The van der Waals surface area contributed by atoms with Gasteiger partial charge in [-0.05, 0) is 48.7 Å². The second kappa shape index (κ2) is 8.30. The van der Waals surface area contributed by atoms with E-state index in [1.54, 1.807) is 33.2 Å². The van der Waals surface area contributed by atoms with Crippen molar-refractivity contribution in [3.63, 3.8) is 0 Å². The van der Waals surface area contributed by atoms with E-state index in [4.69, 9.17) is 16.3 Å². The molecule has 2 aromatic carbocycles. The molecule has 0 spiro atoms. The van der Waals surface area contributed by atoms with Crippen molar-refractivity contribution < 1.29 is 18.3 Å². The Kier molecular flexibility index (Phi) is 6.37. The Morgan fingerprint density at radius 3 is 2.52 bits per heavy atom. The molecular weight excluding hydrogens is 348 g/mol. The summed E-state index contributed by atoms with van der Waals surface area (Å²) >= 11 is 6.08. The van der Waals surface area contributed by atoms with E-state index in [9.17, 15) is 13.6 Å².